The quantitative estimate of drug-likeness (QED) is 0.740. The van der Waals surface area contributed by atoms with E-state index >= 15 is 0 Å². The summed E-state index contributed by atoms with van der Waals surface area (Å²) < 4.78 is 4.95. The Labute approximate surface area is 88.4 Å². The summed E-state index contributed by atoms with van der Waals surface area (Å²) in [6.45, 7) is 5.92. The Balaban J connectivity index is 2.88. The number of carbonyl (C=O) groups excluding carboxylic acids is 1. The molecule has 1 heterocycles. The van der Waals surface area contributed by atoms with Gasteiger partial charge in [-0.2, -0.15) is 9.90 Å². The molecule has 0 aliphatic carbocycles. The fraction of sp³-hybridized carbons (Fsp3) is 0.667. The van der Waals surface area contributed by atoms with Gasteiger partial charge in [-0.3, -0.25) is 0 Å². The molecule has 1 atom stereocenters. The van der Waals surface area contributed by atoms with Crippen LogP contribution in [0.15, 0.2) is 6.20 Å². The lowest BCUT2D eigenvalue weighted by molar-refractivity contribution is -0.149. The molecule has 1 aromatic rings. The maximum Gasteiger partial charge on any atom is 0.333 e. The van der Waals surface area contributed by atoms with Crippen LogP contribution in [0.2, 0.25) is 0 Å². The van der Waals surface area contributed by atoms with Crippen molar-refractivity contribution in [2.45, 2.75) is 26.8 Å². The first-order chi connectivity index (χ1) is 7.06. The van der Waals surface area contributed by atoms with E-state index in [-0.39, 0.29) is 11.9 Å². The van der Waals surface area contributed by atoms with Crippen molar-refractivity contribution in [3.05, 3.63) is 6.20 Å². The van der Waals surface area contributed by atoms with Gasteiger partial charge in [-0.05, 0) is 12.8 Å². The van der Waals surface area contributed by atoms with Crippen molar-refractivity contribution in [3.63, 3.8) is 0 Å². The molecule has 0 spiro atoms. The lowest BCUT2D eigenvalue weighted by Gasteiger charge is -2.17. The molecule has 0 saturated carbocycles. The number of carbonyl (C=O) groups is 1. The van der Waals surface area contributed by atoms with Crippen molar-refractivity contribution in [1.82, 2.24) is 15.0 Å². The van der Waals surface area contributed by atoms with Crippen molar-refractivity contribution in [2.24, 2.45) is 5.92 Å². The second-order valence-corrected chi connectivity index (χ2v) is 3.53. The van der Waals surface area contributed by atoms with Gasteiger partial charge in [0.2, 0.25) is 0 Å². The zero-order valence-electron chi connectivity index (χ0n) is 9.17. The third-order valence-corrected chi connectivity index (χ3v) is 1.93. The minimum Gasteiger partial charge on any atom is -0.464 e. The van der Waals surface area contributed by atoms with E-state index in [9.17, 15) is 4.79 Å². The maximum atomic E-state index is 11.6. The maximum absolute atomic E-state index is 11.6. The zero-order chi connectivity index (χ0) is 11.4. The van der Waals surface area contributed by atoms with E-state index in [4.69, 9.17) is 10.5 Å². The molecule has 0 bridgehead atoms. The number of hydrogen-bond acceptors (Lipinski definition) is 5. The van der Waals surface area contributed by atoms with Gasteiger partial charge in [0.05, 0.1) is 12.8 Å². The van der Waals surface area contributed by atoms with Gasteiger partial charge >= 0.3 is 5.97 Å². The SMILES string of the molecule is CCOC(=O)C(C(C)C)n1ncc(N)n1. The Morgan fingerprint density at radius 3 is 2.73 bits per heavy atom. The summed E-state index contributed by atoms with van der Waals surface area (Å²) in [7, 11) is 0. The smallest absolute Gasteiger partial charge is 0.333 e. The molecule has 6 heteroatoms. The van der Waals surface area contributed by atoms with Gasteiger partial charge in [-0.15, -0.1) is 5.10 Å². The molecule has 0 aliphatic heterocycles. The third kappa shape index (κ3) is 2.68. The molecule has 2 N–H and O–H groups in total. The Morgan fingerprint density at radius 1 is 1.67 bits per heavy atom. The highest BCUT2D eigenvalue weighted by Gasteiger charge is 2.27. The number of rotatable bonds is 4. The molecule has 0 saturated heterocycles. The Hall–Kier alpha value is -1.59. The lowest BCUT2D eigenvalue weighted by Crippen LogP contribution is -2.28. The van der Waals surface area contributed by atoms with Crippen LogP contribution in [0.1, 0.15) is 26.8 Å². The van der Waals surface area contributed by atoms with Crippen LogP contribution in [0.3, 0.4) is 0 Å². The van der Waals surface area contributed by atoms with E-state index < -0.39 is 6.04 Å². The summed E-state index contributed by atoms with van der Waals surface area (Å²) in [6.07, 6.45) is 1.41. The van der Waals surface area contributed by atoms with Gasteiger partial charge in [0.25, 0.3) is 0 Å². The molecule has 1 aromatic heterocycles. The van der Waals surface area contributed by atoms with Crippen LogP contribution in [-0.2, 0) is 9.53 Å². The first kappa shape index (κ1) is 11.5. The lowest BCUT2D eigenvalue weighted by atomic mass is 10.1. The van der Waals surface area contributed by atoms with Crippen molar-refractivity contribution >= 4 is 11.8 Å². The summed E-state index contributed by atoms with van der Waals surface area (Å²) >= 11 is 0. The fourth-order valence-corrected chi connectivity index (χ4v) is 1.28. The number of nitrogens with zero attached hydrogens (tertiary/aromatic N) is 3. The van der Waals surface area contributed by atoms with E-state index in [0.717, 1.165) is 0 Å². The average molecular weight is 212 g/mol. The predicted octanol–water partition coefficient (Wildman–Crippen LogP) is 0.620. The largest absolute Gasteiger partial charge is 0.464 e. The highest BCUT2D eigenvalue weighted by atomic mass is 16.5. The Bertz CT molecular complexity index is 335. The van der Waals surface area contributed by atoms with E-state index in [2.05, 4.69) is 10.2 Å². The van der Waals surface area contributed by atoms with Crippen molar-refractivity contribution < 1.29 is 9.53 Å². The molecule has 0 fully saturated rings. The zero-order valence-corrected chi connectivity index (χ0v) is 9.17. The van der Waals surface area contributed by atoms with Gasteiger partial charge in [-0.1, -0.05) is 13.8 Å². The molecule has 0 radical (unpaired) electrons. The van der Waals surface area contributed by atoms with E-state index in [1.54, 1.807) is 6.92 Å². The second kappa shape index (κ2) is 4.77. The summed E-state index contributed by atoms with van der Waals surface area (Å²) in [5.74, 6) is 0.0175. The fourth-order valence-electron chi connectivity index (χ4n) is 1.28. The number of hydrogen-bond donors (Lipinski definition) is 1. The summed E-state index contributed by atoms with van der Waals surface area (Å²) in [6, 6.07) is -0.512. The highest BCUT2D eigenvalue weighted by molar-refractivity contribution is 5.74. The summed E-state index contributed by atoms with van der Waals surface area (Å²) in [5, 5.41) is 7.84. The van der Waals surface area contributed by atoms with Gasteiger partial charge < -0.3 is 10.5 Å². The normalized spacial score (nSPS) is 12.8. The minimum atomic E-state index is -0.512. The van der Waals surface area contributed by atoms with Crippen LogP contribution in [0.4, 0.5) is 5.82 Å². The summed E-state index contributed by atoms with van der Waals surface area (Å²) in [4.78, 5) is 12.9. The molecule has 0 amide bonds. The third-order valence-electron chi connectivity index (χ3n) is 1.93. The molecule has 0 aromatic carbocycles. The molecular formula is C9H16N4O2. The number of aromatic nitrogens is 3. The van der Waals surface area contributed by atoms with Crippen LogP contribution in [0, 0.1) is 5.92 Å². The molecule has 1 unspecified atom stereocenters. The molecule has 1 rings (SSSR count). The van der Waals surface area contributed by atoms with Crippen molar-refractivity contribution in [3.8, 4) is 0 Å². The van der Waals surface area contributed by atoms with Crippen LogP contribution in [0.25, 0.3) is 0 Å². The minimum absolute atomic E-state index is 0.0517. The molecule has 15 heavy (non-hydrogen) atoms. The molecule has 0 aliphatic rings. The van der Waals surface area contributed by atoms with Crippen molar-refractivity contribution in [2.75, 3.05) is 12.3 Å². The van der Waals surface area contributed by atoms with Gasteiger partial charge in [0, 0.05) is 0 Å². The second-order valence-electron chi connectivity index (χ2n) is 3.53. The number of ether oxygens (including phenoxy) is 1. The van der Waals surface area contributed by atoms with E-state index in [0.29, 0.717) is 12.4 Å². The Morgan fingerprint density at radius 2 is 2.33 bits per heavy atom. The van der Waals surface area contributed by atoms with Crippen LogP contribution < -0.4 is 5.73 Å². The first-order valence-corrected chi connectivity index (χ1v) is 4.90. The number of esters is 1. The van der Waals surface area contributed by atoms with Gasteiger partial charge in [0.15, 0.2) is 11.9 Å². The molecular weight excluding hydrogens is 196 g/mol. The van der Waals surface area contributed by atoms with Crippen LogP contribution in [0.5, 0.6) is 0 Å². The Kier molecular flexibility index (Phi) is 3.65. The van der Waals surface area contributed by atoms with E-state index in [1.165, 1.54) is 11.0 Å². The van der Waals surface area contributed by atoms with Gasteiger partial charge in [-0.25, -0.2) is 4.79 Å². The van der Waals surface area contributed by atoms with Crippen molar-refractivity contribution in [1.29, 1.82) is 0 Å². The first-order valence-electron chi connectivity index (χ1n) is 4.90. The number of nitrogen functional groups attached to an aromatic ring is 1. The predicted molar refractivity (Wildman–Crippen MR) is 54.9 cm³/mol. The topological polar surface area (TPSA) is 83.0 Å². The number of anilines is 1. The molecule has 84 valence electrons. The van der Waals surface area contributed by atoms with Crippen LogP contribution >= 0.6 is 0 Å². The highest BCUT2D eigenvalue weighted by Crippen LogP contribution is 2.17. The monoisotopic (exact) mass is 212 g/mol. The van der Waals surface area contributed by atoms with E-state index in [1.807, 2.05) is 13.8 Å². The van der Waals surface area contributed by atoms with Crippen LogP contribution in [-0.4, -0.2) is 27.6 Å². The standard InChI is InChI=1S/C9H16N4O2/c1-4-15-9(14)8(6(2)3)13-11-5-7(10)12-13/h5-6,8H,4H2,1-3H3,(H2,10,12). The number of nitrogens with two attached hydrogens (primary N) is 1. The average Bonchev–Trinajstić information content (AvgIpc) is 2.51. The molecule has 6 nitrogen and oxygen atoms in total. The summed E-state index contributed by atoms with van der Waals surface area (Å²) in [5.41, 5.74) is 5.44. The van der Waals surface area contributed by atoms with Gasteiger partial charge in [0.1, 0.15) is 0 Å².